The third kappa shape index (κ3) is 2.65. The molecule has 4 rings (SSSR count). The van der Waals surface area contributed by atoms with E-state index in [1.54, 1.807) is 15.8 Å². The van der Waals surface area contributed by atoms with E-state index in [1.165, 1.54) is 6.07 Å². The van der Waals surface area contributed by atoms with Gasteiger partial charge in [-0.15, -0.1) is 0 Å². The highest BCUT2D eigenvalue weighted by Gasteiger charge is 2.36. The summed E-state index contributed by atoms with van der Waals surface area (Å²) in [7, 11) is 0. The summed E-state index contributed by atoms with van der Waals surface area (Å²) < 4.78 is 7.37. The molecule has 0 unspecified atom stereocenters. The molecule has 1 amide bonds. The Morgan fingerprint density at radius 1 is 1.21 bits per heavy atom. The summed E-state index contributed by atoms with van der Waals surface area (Å²) in [5.41, 5.74) is 4.22. The maximum Gasteiger partial charge on any atom is 0.278 e. The number of amides is 1. The van der Waals surface area contributed by atoms with Crippen LogP contribution in [0.15, 0.2) is 47.4 Å². The summed E-state index contributed by atoms with van der Waals surface area (Å²) in [5, 5.41) is 0. The number of hydrogen-bond donors (Lipinski definition) is 1. The average molecular weight is 343 g/mol. The summed E-state index contributed by atoms with van der Waals surface area (Å²) in [6.45, 7) is 0.919. The lowest BCUT2D eigenvalue weighted by atomic mass is 10.2. The van der Waals surface area contributed by atoms with Crippen molar-refractivity contribution in [1.82, 2.24) is 9.58 Å². The molecular formula is C17H17N3O3S. The number of fused-ring (bicyclic) bond motifs is 2. The molecule has 24 heavy (non-hydrogen) atoms. The number of carbonyl (C=O) groups is 1. The van der Waals surface area contributed by atoms with Crippen molar-refractivity contribution in [3.63, 3.8) is 0 Å². The van der Waals surface area contributed by atoms with Gasteiger partial charge in [-0.2, -0.15) is 11.8 Å². The van der Waals surface area contributed by atoms with E-state index in [2.05, 4.69) is 5.43 Å². The second-order valence-corrected chi connectivity index (χ2v) is 6.87. The first-order chi connectivity index (χ1) is 11.7. The molecule has 0 spiro atoms. The van der Waals surface area contributed by atoms with Crippen molar-refractivity contribution in [2.24, 2.45) is 0 Å². The number of nitrogens with one attached hydrogen (secondary N) is 1. The van der Waals surface area contributed by atoms with Crippen LogP contribution in [0, 0.1) is 0 Å². The van der Waals surface area contributed by atoms with Crippen molar-refractivity contribution in [3.05, 3.63) is 64.1 Å². The first-order valence-corrected chi connectivity index (χ1v) is 8.97. The SMILES string of the molecule is O=C1c2c(OCc3ccccc3)c(=O)ccn2N[C@@H]2CSCCN12. The lowest BCUT2D eigenvalue weighted by Crippen LogP contribution is -2.57. The quantitative estimate of drug-likeness (QED) is 0.915. The summed E-state index contributed by atoms with van der Waals surface area (Å²) in [4.78, 5) is 26.9. The summed E-state index contributed by atoms with van der Waals surface area (Å²) in [6.07, 6.45) is 1.55. The van der Waals surface area contributed by atoms with E-state index in [4.69, 9.17) is 4.74 Å². The third-order valence-electron chi connectivity index (χ3n) is 4.16. The highest BCUT2D eigenvalue weighted by Crippen LogP contribution is 2.25. The third-order valence-corrected chi connectivity index (χ3v) is 5.18. The Kier molecular flexibility index (Phi) is 3.93. The van der Waals surface area contributed by atoms with Crippen LogP contribution in [0.3, 0.4) is 0 Å². The molecular weight excluding hydrogens is 326 g/mol. The molecule has 0 aliphatic carbocycles. The van der Waals surface area contributed by atoms with E-state index >= 15 is 0 Å². The molecule has 2 aliphatic rings. The van der Waals surface area contributed by atoms with Gasteiger partial charge in [-0.3, -0.25) is 14.3 Å². The Morgan fingerprint density at radius 3 is 2.88 bits per heavy atom. The Hall–Kier alpha value is -2.41. The number of thioether (sulfide) groups is 1. The zero-order valence-electron chi connectivity index (χ0n) is 13.0. The molecule has 2 aliphatic heterocycles. The van der Waals surface area contributed by atoms with Crippen LogP contribution >= 0.6 is 11.8 Å². The van der Waals surface area contributed by atoms with Gasteiger partial charge >= 0.3 is 0 Å². The average Bonchev–Trinajstić information content (AvgIpc) is 2.62. The predicted octanol–water partition coefficient (Wildman–Crippen LogP) is 1.50. The number of aromatic nitrogens is 1. The highest BCUT2D eigenvalue weighted by atomic mass is 32.2. The topological polar surface area (TPSA) is 63.6 Å². The molecule has 124 valence electrons. The molecule has 1 N–H and O–H groups in total. The van der Waals surface area contributed by atoms with Gasteiger partial charge in [0, 0.05) is 30.3 Å². The van der Waals surface area contributed by atoms with Crippen LogP contribution in [-0.4, -0.2) is 39.7 Å². The van der Waals surface area contributed by atoms with E-state index in [0.717, 1.165) is 17.1 Å². The van der Waals surface area contributed by atoms with Crippen molar-refractivity contribution >= 4 is 17.7 Å². The number of benzene rings is 1. The van der Waals surface area contributed by atoms with Crippen LogP contribution in [0.4, 0.5) is 0 Å². The smallest absolute Gasteiger partial charge is 0.278 e. The maximum atomic E-state index is 12.9. The van der Waals surface area contributed by atoms with Crippen LogP contribution in [0.5, 0.6) is 5.75 Å². The minimum atomic E-state index is -0.280. The maximum absolute atomic E-state index is 12.9. The molecule has 6 nitrogen and oxygen atoms in total. The van der Waals surface area contributed by atoms with Crippen LogP contribution in [0.2, 0.25) is 0 Å². The molecule has 1 fully saturated rings. The van der Waals surface area contributed by atoms with Gasteiger partial charge < -0.3 is 15.1 Å². The van der Waals surface area contributed by atoms with Crippen molar-refractivity contribution in [2.45, 2.75) is 12.8 Å². The molecule has 3 heterocycles. The second kappa shape index (κ2) is 6.24. The van der Waals surface area contributed by atoms with Gasteiger partial charge in [-0.1, -0.05) is 30.3 Å². The number of ether oxygens (including phenoxy) is 1. The molecule has 1 saturated heterocycles. The normalized spacial score (nSPS) is 19.2. The molecule has 2 aromatic rings. The molecule has 7 heteroatoms. The van der Waals surface area contributed by atoms with Crippen LogP contribution < -0.4 is 15.6 Å². The Labute approximate surface area is 143 Å². The van der Waals surface area contributed by atoms with Crippen LogP contribution in [-0.2, 0) is 6.61 Å². The van der Waals surface area contributed by atoms with Gasteiger partial charge in [-0.05, 0) is 5.56 Å². The van der Waals surface area contributed by atoms with Gasteiger partial charge in [0.1, 0.15) is 12.8 Å². The van der Waals surface area contributed by atoms with Crippen LogP contribution in [0.1, 0.15) is 16.1 Å². The van der Waals surface area contributed by atoms with E-state index in [1.807, 2.05) is 42.1 Å². The van der Waals surface area contributed by atoms with Crippen molar-refractivity contribution in [2.75, 3.05) is 23.5 Å². The van der Waals surface area contributed by atoms with Crippen molar-refractivity contribution in [3.8, 4) is 5.75 Å². The fourth-order valence-electron chi connectivity index (χ4n) is 2.95. The minimum absolute atomic E-state index is 0.0479. The van der Waals surface area contributed by atoms with Crippen molar-refractivity contribution < 1.29 is 9.53 Å². The number of pyridine rings is 1. The largest absolute Gasteiger partial charge is 0.482 e. The van der Waals surface area contributed by atoms with E-state index in [0.29, 0.717) is 6.54 Å². The number of rotatable bonds is 3. The fourth-order valence-corrected chi connectivity index (χ4v) is 3.92. The highest BCUT2D eigenvalue weighted by molar-refractivity contribution is 7.99. The zero-order valence-corrected chi connectivity index (χ0v) is 13.8. The lowest BCUT2D eigenvalue weighted by Gasteiger charge is -2.41. The standard InChI is InChI=1S/C17H17N3O3S/c21-13-6-7-20-15(16(13)23-10-12-4-2-1-3-5-12)17(22)19-8-9-24-11-14(19)18-20/h1-7,14,18H,8-11H2/t14-/m0/s1. The predicted molar refractivity (Wildman–Crippen MR) is 93.0 cm³/mol. The molecule has 1 aromatic heterocycles. The van der Waals surface area contributed by atoms with Gasteiger partial charge in [0.25, 0.3) is 5.91 Å². The first kappa shape index (κ1) is 15.1. The van der Waals surface area contributed by atoms with E-state index in [9.17, 15) is 9.59 Å². The van der Waals surface area contributed by atoms with Gasteiger partial charge in [0.2, 0.25) is 5.43 Å². The second-order valence-electron chi connectivity index (χ2n) is 5.72. The number of hydrogen-bond acceptors (Lipinski definition) is 5. The zero-order chi connectivity index (χ0) is 16.5. The first-order valence-electron chi connectivity index (χ1n) is 7.82. The molecule has 1 aromatic carbocycles. The number of carbonyl (C=O) groups excluding carboxylic acids is 1. The summed E-state index contributed by atoms with van der Waals surface area (Å²) in [6, 6.07) is 11.0. The Balaban J connectivity index is 1.68. The molecule has 0 bridgehead atoms. The summed E-state index contributed by atoms with van der Waals surface area (Å²) >= 11 is 1.81. The van der Waals surface area contributed by atoms with Gasteiger partial charge in [0.15, 0.2) is 11.4 Å². The molecule has 0 radical (unpaired) electrons. The Morgan fingerprint density at radius 2 is 2.04 bits per heavy atom. The Bertz CT molecular complexity index is 822. The minimum Gasteiger partial charge on any atom is -0.482 e. The summed E-state index contributed by atoms with van der Waals surface area (Å²) in [5.74, 6) is 1.69. The molecule has 1 atom stereocenters. The van der Waals surface area contributed by atoms with Crippen LogP contribution in [0.25, 0.3) is 0 Å². The van der Waals surface area contributed by atoms with Gasteiger partial charge in [0.05, 0.1) is 0 Å². The number of nitrogens with zero attached hydrogens (tertiary/aromatic N) is 2. The lowest BCUT2D eigenvalue weighted by molar-refractivity contribution is 0.0659. The fraction of sp³-hybridized carbons (Fsp3) is 0.294. The van der Waals surface area contributed by atoms with Crippen molar-refractivity contribution in [1.29, 1.82) is 0 Å². The molecule has 0 saturated carbocycles. The van der Waals surface area contributed by atoms with E-state index < -0.39 is 0 Å². The van der Waals surface area contributed by atoms with E-state index in [-0.39, 0.29) is 35.6 Å². The van der Waals surface area contributed by atoms with Gasteiger partial charge in [-0.25, -0.2) is 0 Å². The monoisotopic (exact) mass is 343 g/mol.